The maximum atomic E-state index is 5.95. The van der Waals surface area contributed by atoms with E-state index in [2.05, 4.69) is 46.8 Å². The maximum Gasteiger partial charge on any atom is 0.170 e. The maximum absolute atomic E-state index is 5.95. The minimum Gasteiger partial charge on any atom is -0.352 e. The SMILES string of the molecule is Cc1cc([C@@H]2[C@H](c3ccccn3)NC(=S)N2C2CCCCC2)c(C)n1C1CCCC1. The molecule has 0 spiro atoms. The van der Waals surface area contributed by atoms with Gasteiger partial charge < -0.3 is 14.8 Å². The number of nitrogens with one attached hydrogen (secondary N) is 1. The Morgan fingerprint density at radius 2 is 1.67 bits per heavy atom. The van der Waals surface area contributed by atoms with Gasteiger partial charge in [-0.1, -0.05) is 38.2 Å². The summed E-state index contributed by atoms with van der Waals surface area (Å²) >= 11 is 5.95. The normalized spacial score (nSPS) is 25.8. The van der Waals surface area contributed by atoms with Crippen LogP contribution in [-0.4, -0.2) is 25.6 Å². The van der Waals surface area contributed by atoms with Crippen LogP contribution < -0.4 is 5.32 Å². The van der Waals surface area contributed by atoms with Crippen molar-refractivity contribution < 1.29 is 0 Å². The molecule has 3 fully saturated rings. The van der Waals surface area contributed by atoms with Gasteiger partial charge in [0.1, 0.15) is 0 Å². The molecule has 1 N–H and O–H groups in total. The number of aromatic nitrogens is 2. The third-order valence-electron chi connectivity index (χ3n) is 7.64. The van der Waals surface area contributed by atoms with Gasteiger partial charge in [-0.25, -0.2) is 0 Å². The molecule has 0 bridgehead atoms. The van der Waals surface area contributed by atoms with E-state index < -0.39 is 0 Å². The first-order chi connectivity index (χ1) is 14.6. The molecule has 4 nitrogen and oxygen atoms in total. The van der Waals surface area contributed by atoms with Crippen LogP contribution in [0.2, 0.25) is 0 Å². The third kappa shape index (κ3) is 3.45. The van der Waals surface area contributed by atoms with E-state index in [1.807, 2.05) is 12.3 Å². The molecule has 5 rings (SSSR count). The van der Waals surface area contributed by atoms with Gasteiger partial charge in [0.2, 0.25) is 0 Å². The van der Waals surface area contributed by atoms with Gasteiger partial charge in [-0.3, -0.25) is 4.98 Å². The number of hydrogen-bond donors (Lipinski definition) is 1. The molecule has 0 unspecified atom stereocenters. The molecule has 1 aliphatic heterocycles. The number of hydrogen-bond acceptors (Lipinski definition) is 2. The molecule has 2 aliphatic carbocycles. The summed E-state index contributed by atoms with van der Waals surface area (Å²) in [6.07, 6.45) is 13.7. The summed E-state index contributed by atoms with van der Waals surface area (Å²) in [5.41, 5.74) is 5.36. The first-order valence-electron chi connectivity index (χ1n) is 11.8. The number of aryl methyl sites for hydroxylation is 1. The van der Waals surface area contributed by atoms with E-state index in [4.69, 9.17) is 17.2 Å². The van der Waals surface area contributed by atoms with Crippen molar-refractivity contribution in [1.29, 1.82) is 0 Å². The van der Waals surface area contributed by atoms with Crippen LogP contribution in [0.5, 0.6) is 0 Å². The van der Waals surface area contributed by atoms with Gasteiger partial charge in [0.05, 0.1) is 17.8 Å². The monoisotopic (exact) mass is 422 g/mol. The van der Waals surface area contributed by atoms with E-state index in [1.54, 1.807) is 0 Å². The average molecular weight is 423 g/mol. The largest absolute Gasteiger partial charge is 0.352 e. The Balaban J connectivity index is 1.58. The van der Waals surface area contributed by atoms with Crippen LogP contribution >= 0.6 is 12.2 Å². The molecule has 0 amide bonds. The second-order valence-electron chi connectivity index (χ2n) is 9.46. The van der Waals surface area contributed by atoms with Crippen molar-refractivity contribution in [2.45, 2.75) is 95.8 Å². The van der Waals surface area contributed by atoms with E-state index >= 15 is 0 Å². The number of thiocarbonyl (C=S) groups is 1. The van der Waals surface area contributed by atoms with Crippen molar-refractivity contribution >= 4 is 17.3 Å². The van der Waals surface area contributed by atoms with Gasteiger partial charge >= 0.3 is 0 Å². The molecule has 2 atom stereocenters. The third-order valence-corrected chi connectivity index (χ3v) is 7.96. The minimum absolute atomic E-state index is 0.109. The van der Waals surface area contributed by atoms with E-state index in [0.29, 0.717) is 12.1 Å². The van der Waals surface area contributed by atoms with Crippen LogP contribution in [0.3, 0.4) is 0 Å². The lowest BCUT2D eigenvalue weighted by Crippen LogP contribution is -2.40. The smallest absolute Gasteiger partial charge is 0.170 e. The van der Waals surface area contributed by atoms with Crippen molar-refractivity contribution in [3.05, 3.63) is 53.1 Å². The average Bonchev–Trinajstić information content (AvgIpc) is 3.47. The number of rotatable bonds is 4. The highest BCUT2D eigenvalue weighted by atomic mass is 32.1. The summed E-state index contributed by atoms with van der Waals surface area (Å²) in [7, 11) is 0. The lowest BCUT2D eigenvalue weighted by Gasteiger charge is -2.37. The first-order valence-corrected chi connectivity index (χ1v) is 12.2. The quantitative estimate of drug-likeness (QED) is 0.620. The van der Waals surface area contributed by atoms with Crippen LogP contribution in [0.1, 0.15) is 98.6 Å². The molecule has 3 heterocycles. The van der Waals surface area contributed by atoms with Crippen LogP contribution in [0, 0.1) is 13.8 Å². The van der Waals surface area contributed by atoms with E-state index in [0.717, 1.165) is 10.8 Å². The minimum atomic E-state index is 0.109. The summed E-state index contributed by atoms with van der Waals surface area (Å²) in [6.45, 7) is 4.62. The summed E-state index contributed by atoms with van der Waals surface area (Å²) in [6, 6.07) is 10.2. The van der Waals surface area contributed by atoms with Gasteiger partial charge in [0.25, 0.3) is 0 Å². The van der Waals surface area contributed by atoms with Gasteiger partial charge in [-0.05, 0) is 75.5 Å². The molecule has 5 heteroatoms. The Labute approximate surface area is 186 Å². The molecular weight excluding hydrogens is 388 g/mol. The molecule has 1 saturated heterocycles. The molecule has 2 saturated carbocycles. The second kappa shape index (κ2) is 8.33. The van der Waals surface area contributed by atoms with Crippen LogP contribution in [0.25, 0.3) is 0 Å². The summed E-state index contributed by atoms with van der Waals surface area (Å²) in [5.74, 6) is 0. The highest BCUT2D eigenvalue weighted by Gasteiger charge is 2.44. The first kappa shape index (κ1) is 20.0. The Morgan fingerprint density at radius 3 is 2.37 bits per heavy atom. The van der Waals surface area contributed by atoms with E-state index in [-0.39, 0.29) is 12.1 Å². The van der Waals surface area contributed by atoms with Gasteiger partial charge in [-0.15, -0.1) is 0 Å². The Bertz CT molecular complexity index is 893. The Kier molecular flexibility index (Phi) is 5.57. The summed E-state index contributed by atoms with van der Waals surface area (Å²) < 4.78 is 2.62. The van der Waals surface area contributed by atoms with Crippen molar-refractivity contribution in [3.8, 4) is 0 Å². The molecular formula is C25H34N4S. The molecule has 3 aliphatic rings. The van der Waals surface area contributed by atoms with Gasteiger partial charge in [-0.2, -0.15) is 0 Å². The topological polar surface area (TPSA) is 33.1 Å². The van der Waals surface area contributed by atoms with Crippen LogP contribution in [-0.2, 0) is 0 Å². The standard InChI is InChI=1S/C25H34N4S/c1-17-16-21(18(2)28(17)19-12-6-7-13-19)24-23(22-14-8-9-15-26-22)27-25(30)29(24)20-10-4-3-5-11-20/h8-9,14-16,19-20,23-24H,3-7,10-13H2,1-2H3,(H,27,30)/t23-,24+/m0/s1. The lowest BCUT2D eigenvalue weighted by atomic mass is 9.90. The number of nitrogens with zero attached hydrogens (tertiary/aromatic N) is 3. The number of pyridine rings is 1. The molecule has 0 radical (unpaired) electrons. The van der Waals surface area contributed by atoms with E-state index in [1.165, 1.54) is 74.7 Å². The lowest BCUT2D eigenvalue weighted by molar-refractivity contribution is 0.196. The summed E-state index contributed by atoms with van der Waals surface area (Å²) in [5, 5.41) is 4.59. The van der Waals surface area contributed by atoms with Crippen molar-refractivity contribution in [1.82, 2.24) is 19.8 Å². The molecule has 2 aromatic heterocycles. The fourth-order valence-corrected chi connectivity index (χ4v) is 6.67. The highest BCUT2D eigenvalue weighted by Crippen LogP contribution is 2.45. The van der Waals surface area contributed by atoms with Crippen LogP contribution in [0.15, 0.2) is 30.5 Å². The fourth-order valence-electron chi connectivity index (χ4n) is 6.28. The van der Waals surface area contributed by atoms with Crippen LogP contribution in [0.4, 0.5) is 0 Å². The predicted octanol–water partition coefficient (Wildman–Crippen LogP) is 5.92. The molecule has 160 valence electrons. The zero-order chi connectivity index (χ0) is 20.7. The molecule has 2 aromatic rings. The second-order valence-corrected chi connectivity index (χ2v) is 9.85. The van der Waals surface area contributed by atoms with Crippen molar-refractivity contribution in [2.75, 3.05) is 0 Å². The zero-order valence-electron chi connectivity index (χ0n) is 18.3. The zero-order valence-corrected chi connectivity index (χ0v) is 19.1. The Morgan fingerprint density at radius 1 is 0.967 bits per heavy atom. The van der Waals surface area contributed by atoms with E-state index in [9.17, 15) is 0 Å². The predicted molar refractivity (Wildman–Crippen MR) is 126 cm³/mol. The Hall–Kier alpha value is -1.88. The highest BCUT2D eigenvalue weighted by molar-refractivity contribution is 7.80. The van der Waals surface area contributed by atoms with Crippen molar-refractivity contribution in [2.24, 2.45) is 0 Å². The van der Waals surface area contributed by atoms with Gasteiger partial charge in [0, 0.05) is 29.7 Å². The fraction of sp³-hybridized carbons (Fsp3) is 0.600. The van der Waals surface area contributed by atoms with Gasteiger partial charge in [0.15, 0.2) is 5.11 Å². The van der Waals surface area contributed by atoms with Crippen molar-refractivity contribution in [3.63, 3.8) is 0 Å². The molecule has 30 heavy (non-hydrogen) atoms. The molecule has 0 aromatic carbocycles. The summed E-state index contributed by atoms with van der Waals surface area (Å²) in [4.78, 5) is 7.28.